The van der Waals surface area contributed by atoms with E-state index in [2.05, 4.69) is 235 Å². The molecule has 0 saturated carbocycles. The van der Waals surface area contributed by atoms with Gasteiger partial charge in [-0.25, -0.2) is 0 Å². The van der Waals surface area contributed by atoms with Crippen molar-refractivity contribution in [2.24, 2.45) is 5.92 Å². The van der Waals surface area contributed by atoms with E-state index in [4.69, 9.17) is 4.42 Å². The van der Waals surface area contributed by atoms with Gasteiger partial charge in [0.05, 0.1) is 5.69 Å². The summed E-state index contributed by atoms with van der Waals surface area (Å²) in [6.07, 6.45) is 5.74. The molecule has 64 heavy (non-hydrogen) atoms. The van der Waals surface area contributed by atoms with Gasteiger partial charge in [0.1, 0.15) is 11.2 Å². The standard InChI is InChI=1S/C61H44N2O/c1-41-27-34-52-43(37-41)16-14-25-54(52)53-23-11-10-21-50(53)42-28-30-47(31-29-42)63(49-33-36-61-58(40-49)56-24-12-13-26-60(56)64-61)59-38-44-15-8-9-22-51(44)57-39-48(32-35-55(57)59)62(45-17-4-2-5-18-45)46-19-6-3-7-20-46/h2-36,38-41H,37H2,1H3. The fourth-order valence-corrected chi connectivity index (χ4v) is 9.94. The molecule has 1 atom stereocenters. The Kier molecular flexibility index (Phi) is 9.19. The van der Waals surface area contributed by atoms with Gasteiger partial charge in [-0.1, -0.05) is 159 Å². The number of hydrogen-bond donors (Lipinski definition) is 0. The van der Waals surface area contributed by atoms with Crippen LogP contribution in [0.25, 0.3) is 71.8 Å². The number of fused-ring (bicyclic) bond motifs is 7. The van der Waals surface area contributed by atoms with Crippen LogP contribution in [0.3, 0.4) is 0 Å². The van der Waals surface area contributed by atoms with Crippen molar-refractivity contribution < 1.29 is 4.42 Å². The summed E-state index contributed by atoms with van der Waals surface area (Å²) in [5.74, 6) is 0.543. The minimum absolute atomic E-state index is 0.543. The molecule has 0 fully saturated rings. The molecule has 10 aromatic carbocycles. The topological polar surface area (TPSA) is 19.6 Å². The molecule has 1 heterocycles. The third-order valence-electron chi connectivity index (χ3n) is 13.0. The van der Waals surface area contributed by atoms with Gasteiger partial charge >= 0.3 is 0 Å². The zero-order chi connectivity index (χ0) is 42.6. The van der Waals surface area contributed by atoms with Gasteiger partial charge in [-0.15, -0.1) is 0 Å². The van der Waals surface area contributed by atoms with E-state index in [-0.39, 0.29) is 0 Å². The average molecular weight is 821 g/mol. The van der Waals surface area contributed by atoms with Crippen LogP contribution in [0.2, 0.25) is 0 Å². The van der Waals surface area contributed by atoms with E-state index in [0.717, 1.165) is 67.9 Å². The maximum atomic E-state index is 6.36. The molecule has 0 amide bonds. The number of furan rings is 1. The second-order valence-corrected chi connectivity index (χ2v) is 17.0. The predicted octanol–water partition coefficient (Wildman–Crippen LogP) is 17.4. The molecule has 0 spiro atoms. The third-order valence-corrected chi connectivity index (χ3v) is 13.0. The average Bonchev–Trinajstić information content (AvgIpc) is 3.73. The van der Waals surface area contributed by atoms with Crippen molar-refractivity contribution in [1.82, 2.24) is 0 Å². The van der Waals surface area contributed by atoms with E-state index in [1.807, 2.05) is 12.1 Å². The van der Waals surface area contributed by atoms with Gasteiger partial charge < -0.3 is 14.2 Å². The Balaban J connectivity index is 1.05. The molecule has 3 heteroatoms. The van der Waals surface area contributed by atoms with E-state index in [9.17, 15) is 0 Å². The molecular formula is C61H44N2O. The van der Waals surface area contributed by atoms with Crippen molar-refractivity contribution in [3.8, 4) is 22.3 Å². The third kappa shape index (κ3) is 6.53. The van der Waals surface area contributed by atoms with Crippen LogP contribution < -0.4 is 9.80 Å². The first-order valence-corrected chi connectivity index (χ1v) is 22.2. The van der Waals surface area contributed by atoms with Crippen LogP contribution in [0.5, 0.6) is 0 Å². The largest absolute Gasteiger partial charge is 0.456 e. The van der Waals surface area contributed by atoms with Crippen molar-refractivity contribution in [2.75, 3.05) is 9.80 Å². The highest BCUT2D eigenvalue weighted by molar-refractivity contribution is 6.16. The highest BCUT2D eigenvalue weighted by Crippen LogP contribution is 2.47. The number of hydrogen-bond acceptors (Lipinski definition) is 3. The first-order chi connectivity index (χ1) is 31.6. The number of nitrogens with zero attached hydrogens (tertiary/aromatic N) is 2. The monoisotopic (exact) mass is 820 g/mol. The van der Waals surface area contributed by atoms with Crippen molar-refractivity contribution in [3.05, 3.63) is 236 Å². The molecule has 1 aromatic heterocycles. The second kappa shape index (κ2) is 15.6. The summed E-state index contributed by atoms with van der Waals surface area (Å²) in [6.45, 7) is 2.30. The van der Waals surface area contributed by atoms with Gasteiger partial charge in [0.25, 0.3) is 0 Å². The molecule has 1 unspecified atom stereocenters. The summed E-state index contributed by atoms with van der Waals surface area (Å²) >= 11 is 0. The Morgan fingerprint density at radius 2 is 1.00 bits per heavy atom. The molecule has 1 aliphatic rings. The predicted molar refractivity (Wildman–Crippen MR) is 271 cm³/mol. The first-order valence-electron chi connectivity index (χ1n) is 22.2. The highest BCUT2D eigenvalue weighted by atomic mass is 16.3. The van der Waals surface area contributed by atoms with Gasteiger partial charge in [0, 0.05) is 44.6 Å². The summed E-state index contributed by atoms with van der Waals surface area (Å²) < 4.78 is 6.36. The maximum Gasteiger partial charge on any atom is 0.135 e. The molecule has 304 valence electrons. The summed E-state index contributed by atoms with van der Waals surface area (Å²) in [5, 5.41) is 6.92. The maximum absolute atomic E-state index is 6.36. The number of anilines is 6. The van der Waals surface area contributed by atoms with Crippen LogP contribution in [0, 0.1) is 5.92 Å². The molecule has 12 rings (SSSR count). The Morgan fingerprint density at radius 1 is 0.406 bits per heavy atom. The number of allylic oxidation sites excluding steroid dienone is 1. The van der Waals surface area contributed by atoms with Crippen LogP contribution in [-0.2, 0) is 6.42 Å². The first kappa shape index (κ1) is 37.6. The van der Waals surface area contributed by atoms with Crippen LogP contribution >= 0.6 is 0 Å². The van der Waals surface area contributed by atoms with Gasteiger partial charge in [-0.05, 0) is 141 Å². The Labute approximate surface area is 373 Å². The highest BCUT2D eigenvalue weighted by Gasteiger charge is 2.22. The molecule has 0 N–H and O–H groups in total. The Hall–Kier alpha value is -8.14. The molecule has 11 aromatic rings. The molecule has 0 bridgehead atoms. The minimum atomic E-state index is 0.543. The van der Waals surface area contributed by atoms with Crippen LogP contribution in [0.4, 0.5) is 34.1 Å². The SMILES string of the molecule is CC1C=Cc2c(cccc2-c2ccccc2-c2ccc(N(c3ccc4oc5ccccc5c4c3)c3cc4ccccc4c4cc(N(c5ccccc5)c5ccccc5)ccc34)cc2)C1. The van der Waals surface area contributed by atoms with E-state index in [1.165, 1.54) is 49.5 Å². The molecule has 3 nitrogen and oxygen atoms in total. The molecule has 0 aliphatic heterocycles. The Morgan fingerprint density at radius 3 is 1.80 bits per heavy atom. The lowest BCUT2D eigenvalue weighted by atomic mass is 9.84. The van der Waals surface area contributed by atoms with Gasteiger partial charge in [-0.3, -0.25) is 0 Å². The molecule has 0 saturated heterocycles. The van der Waals surface area contributed by atoms with Crippen molar-refractivity contribution in [3.63, 3.8) is 0 Å². The lowest BCUT2D eigenvalue weighted by Gasteiger charge is -2.29. The number of para-hydroxylation sites is 3. The summed E-state index contributed by atoms with van der Waals surface area (Å²) in [4.78, 5) is 4.77. The van der Waals surface area contributed by atoms with Crippen molar-refractivity contribution in [1.29, 1.82) is 0 Å². The van der Waals surface area contributed by atoms with Crippen molar-refractivity contribution in [2.45, 2.75) is 13.3 Å². The zero-order valence-corrected chi connectivity index (χ0v) is 35.5. The summed E-state index contributed by atoms with van der Waals surface area (Å²) in [6, 6.07) is 79.1. The normalized spacial score (nSPS) is 13.4. The minimum Gasteiger partial charge on any atom is -0.456 e. The quantitative estimate of drug-likeness (QED) is 0.142. The zero-order valence-electron chi connectivity index (χ0n) is 35.5. The van der Waals surface area contributed by atoms with Crippen LogP contribution in [0.1, 0.15) is 18.1 Å². The molecule has 0 radical (unpaired) electrons. The van der Waals surface area contributed by atoms with Crippen LogP contribution in [-0.4, -0.2) is 0 Å². The van der Waals surface area contributed by atoms with E-state index in [0.29, 0.717) is 5.92 Å². The fraction of sp³-hybridized carbons (Fsp3) is 0.0492. The fourth-order valence-electron chi connectivity index (χ4n) is 9.94. The summed E-state index contributed by atoms with van der Waals surface area (Å²) in [7, 11) is 0. The summed E-state index contributed by atoms with van der Waals surface area (Å²) in [5.41, 5.74) is 16.0. The molecular weight excluding hydrogens is 777 g/mol. The second-order valence-electron chi connectivity index (χ2n) is 17.0. The van der Waals surface area contributed by atoms with Gasteiger partial charge in [0.2, 0.25) is 0 Å². The van der Waals surface area contributed by atoms with E-state index >= 15 is 0 Å². The van der Waals surface area contributed by atoms with Gasteiger partial charge in [-0.2, -0.15) is 0 Å². The smallest absolute Gasteiger partial charge is 0.135 e. The van der Waals surface area contributed by atoms with Crippen LogP contribution in [0.15, 0.2) is 229 Å². The lowest BCUT2D eigenvalue weighted by molar-refractivity contribution is 0.669. The van der Waals surface area contributed by atoms with E-state index in [1.54, 1.807) is 0 Å². The number of rotatable bonds is 8. The van der Waals surface area contributed by atoms with E-state index < -0.39 is 0 Å². The van der Waals surface area contributed by atoms with Crippen molar-refractivity contribution >= 4 is 83.7 Å². The molecule has 1 aliphatic carbocycles. The lowest BCUT2D eigenvalue weighted by Crippen LogP contribution is -2.12. The van der Waals surface area contributed by atoms with Gasteiger partial charge in [0.15, 0.2) is 0 Å². The number of benzene rings is 10. The Bertz CT molecular complexity index is 3510.